The van der Waals surface area contributed by atoms with Gasteiger partial charge in [0.2, 0.25) is 0 Å². The Labute approximate surface area is 77.4 Å². The highest BCUT2D eigenvalue weighted by Gasteiger charge is 2.17. The van der Waals surface area contributed by atoms with Crippen molar-refractivity contribution in [3.05, 3.63) is 0 Å². The van der Waals surface area contributed by atoms with Gasteiger partial charge in [0.1, 0.15) is 0 Å². The number of nitrogens with zero attached hydrogens (tertiary/aromatic N) is 1. The smallest absolute Gasteiger partial charge is 0.0684 e. The second kappa shape index (κ2) is 5.31. The molecule has 0 aliphatic heterocycles. The van der Waals surface area contributed by atoms with Crippen LogP contribution in [0.1, 0.15) is 33.6 Å². The molecule has 0 aliphatic carbocycles. The molecule has 12 heavy (non-hydrogen) atoms. The van der Waals surface area contributed by atoms with E-state index in [1.54, 1.807) is 0 Å². The van der Waals surface area contributed by atoms with Crippen molar-refractivity contribution in [1.82, 2.24) is 0 Å². The Morgan fingerprint density at radius 1 is 1.42 bits per heavy atom. The highest BCUT2D eigenvalue weighted by atomic mass is 32.2. The van der Waals surface area contributed by atoms with Crippen LogP contribution in [0, 0.1) is 16.7 Å². The standard InChI is InChI=1S/C9H17NOS/c1-4-6-12(11)7-5-9(2,3)8-10/h4-7H2,1-3H3. The molecule has 3 heteroatoms. The van der Waals surface area contributed by atoms with Crippen LogP contribution < -0.4 is 0 Å². The van der Waals surface area contributed by atoms with E-state index in [0.717, 1.165) is 18.6 Å². The van der Waals surface area contributed by atoms with E-state index in [0.29, 0.717) is 5.75 Å². The van der Waals surface area contributed by atoms with Crippen LogP contribution >= 0.6 is 0 Å². The third kappa shape index (κ3) is 5.31. The monoisotopic (exact) mass is 187 g/mol. The van der Waals surface area contributed by atoms with Crippen LogP contribution in [0.5, 0.6) is 0 Å². The van der Waals surface area contributed by atoms with Gasteiger partial charge in [-0.3, -0.25) is 4.21 Å². The fourth-order valence-electron chi connectivity index (χ4n) is 0.755. The zero-order chi connectivity index (χ0) is 9.61. The maximum Gasteiger partial charge on any atom is 0.0684 e. The van der Waals surface area contributed by atoms with E-state index >= 15 is 0 Å². The summed E-state index contributed by atoms with van der Waals surface area (Å²) in [5.41, 5.74) is -0.316. The van der Waals surface area contributed by atoms with Gasteiger partial charge in [-0.1, -0.05) is 6.92 Å². The van der Waals surface area contributed by atoms with Gasteiger partial charge >= 0.3 is 0 Å². The molecule has 0 aliphatic rings. The molecule has 0 aromatic heterocycles. The van der Waals surface area contributed by atoms with Crippen molar-refractivity contribution >= 4 is 10.8 Å². The highest BCUT2D eigenvalue weighted by Crippen LogP contribution is 2.18. The van der Waals surface area contributed by atoms with E-state index < -0.39 is 10.8 Å². The normalized spacial score (nSPS) is 13.8. The third-order valence-corrected chi connectivity index (χ3v) is 3.21. The second-order valence-electron chi connectivity index (χ2n) is 3.59. The topological polar surface area (TPSA) is 40.9 Å². The van der Waals surface area contributed by atoms with Crippen LogP contribution in [0.3, 0.4) is 0 Å². The Kier molecular flexibility index (Phi) is 5.16. The summed E-state index contributed by atoms with van der Waals surface area (Å²) < 4.78 is 11.2. The van der Waals surface area contributed by atoms with Gasteiger partial charge in [0.15, 0.2) is 0 Å². The predicted octanol–water partition coefficient (Wildman–Crippen LogP) is 2.08. The molecule has 0 saturated carbocycles. The maximum absolute atomic E-state index is 11.2. The van der Waals surface area contributed by atoms with Crippen molar-refractivity contribution in [3.63, 3.8) is 0 Å². The van der Waals surface area contributed by atoms with Gasteiger partial charge in [0, 0.05) is 22.3 Å². The summed E-state index contributed by atoms with van der Waals surface area (Å²) in [7, 11) is -0.719. The number of nitriles is 1. The Hall–Kier alpha value is -0.360. The highest BCUT2D eigenvalue weighted by molar-refractivity contribution is 7.84. The van der Waals surface area contributed by atoms with Gasteiger partial charge in [-0.25, -0.2) is 0 Å². The fraction of sp³-hybridized carbons (Fsp3) is 0.889. The van der Waals surface area contributed by atoms with Gasteiger partial charge < -0.3 is 0 Å². The van der Waals surface area contributed by atoms with Gasteiger partial charge in [0.05, 0.1) is 11.5 Å². The lowest BCUT2D eigenvalue weighted by Crippen LogP contribution is -2.13. The van der Waals surface area contributed by atoms with Crippen molar-refractivity contribution < 1.29 is 4.21 Å². The zero-order valence-electron chi connectivity index (χ0n) is 8.09. The molecule has 0 aromatic rings. The first-order valence-electron chi connectivity index (χ1n) is 4.28. The van der Waals surface area contributed by atoms with Gasteiger partial charge in [-0.15, -0.1) is 0 Å². The van der Waals surface area contributed by atoms with E-state index in [2.05, 4.69) is 6.07 Å². The average Bonchev–Trinajstić information content (AvgIpc) is 2.02. The molecule has 0 heterocycles. The Balaban J connectivity index is 3.70. The largest absolute Gasteiger partial charge is 0.260 e. The molecular weight excluding hydrogens is 170 g/mol. The van der Waals surface area contributed by atoms with E-state index in [9.17, 15) is 4.21 Å². The fourth-order valence-corrected chi connectivity index (χ4v) is 2.15. The van der Waals surface area contributed by atoms with Crippen molar-refractivity contribution in [3.8, 4) is 6.07 Å². The molecule has 0 fully saturated rings. The lowest BCUT2D eigenvalue weighted by atomic mass is 9.93. The summed E-state index contributed by atoms with van der Waals surface area (Å²) in [6.07, 6.45) is 1.69. The number of rotatable bonds is 5. The molecule has 2 nitrogen and oxygen atoms in total. The van der Waals surface area contributed by atoms with Crippen LogP contribution in [0.4, 0.5) is 0 Å². The molecule has 0 bridgehead atoms. The molecule has 0 aromatic carbocycles. The molecule has 0 saturated heterocycles. The summed E-state index contributed by atoms with van der Waals surface area (Å²) >= 11 is 0. The number of hydrogen-bond donors (Lipinski definition) is 0. The second-order valence-corrected chi connectivity index (χ2v) is 5.29. The summed E-state index contributed by atoms with van der Waals surface area (Å²) in [6.45, 7) is 5.79. The quantitative estimate of drug-likeness (QED) is 0.661. The molecule has 0 radical (unpaired) electrons. The summed E-state index contributed by atoms with van der Waals surface area (Å²) in [6, 6.07) is 2.20. The molecule has 1 atom stereocenters. The first kappa shape index (κ1) is 11.6. The lowest BCUT2D eigenvalue weighted by Gasteiger charge is -2.13. The Morgan fingerprint density at radius 2 is 2.00 bits per heavy atom. The molecule has 0 N–H and O–H groups in total. The Bertz CT molecular complexity index is 193. The van der Waals surface area contributed by atoms with E-state index in [4.69, 9.17) is 5.26 Å². The van der Waals surface area contributed by atoms with E-state index in [1.165, 1.54) is 0 Å². The first-order valence-corrected chi connectivity index (χ1v) is 5.77. The summed E-state index contributed by atoms with van der Waals surface area (Å²) in [4.78, 5) is 0. The molecule has 0 spiro atoms. The third-order valence-electron chi connectivity index (χ3n) is 1.69. The molecule has 0 rings (SSSR count). The van der Waals surface area contributed by atoms with E-state index in [-0.39, 0.29) is 5.41 Å². The van der Waals surface area contributed by atoms with Crippen LogP contribution in [-0.2, 0) is 10.8 Å². The van der Waals surface area contributed by atoms with Crippen LogP contribution in [0.2, 0.25) is 0 Å². The van der Waals surface area contributed by atoms with Crippen molar-refractivity contribution in [2.24, 2.45) is 5.41 Å². The van der Waals surface area contributed by atoms with Gasteiger partial charge in [-0.2, -0.15) is 5.26 Å². The van der Waals surface area contributed by atoms with Crippen molar-refractivity contribution in [2.75, 3.05) is 11.5 Å². The SMILES string of the molecule is CCCS(=O)CCC(C)(C)C#N. The van der Waals surface area contributed by atoms with Gasteiger partial charge in [0.25, 0.3) is 0 Å². The minimum absolute atomic E-state index is 0.316. The first-order chi connectivity index (χ1) is 5.52. The minimum atomic E-state index is -0.719. The van der Waals surface area contributed by atoms with Crippen LogP contribution in [-0.4, -0.2) is 15.7 Å². The Morgan fingerprint density at radius 3 is 2.42 bits per heavy atom. The predicted molar refractivity (Wildman–Crippen MR) is 52.2 cm³/mol. The molecular formula is C9H17NOS. The minimum Gasteiger partial charge on any atom is -0.260 e. The molecule has 70 valence electrons. The summed E-state index contributed by atoms with van der Waals surface area (Å²) in [5.74, 6) is 1.43. The number of hydrogen-bond acceptors (Lipinski definition) is 2. The summed E-state index contributed by atoms with van der Waals surface area (Å²) in [5, 5.41) is 8.69. The lowest BCUT2D eigenvalue weighted by molar-refractivity contribution is 0.479. The molecule has 0 amide bonds. The zero-order valence-corrected chi connectivity index (χ0v) is 8.91. The molecule has 1 unspecified atom stereocenters. The van der Waals surface area contributed by atoms with Crippen molar-refractivity contribution in [1.29, 1.82) is 5.26 Å². The van der Waals surface area contributed by atoms with E-state index in [1.807, 2.05) is 20.8 Å². The van der Waals surface area contributed by atoms with Crippen LogP contribution in [0.15, 0.2) is 0 Å². The van der Waals surface area contributed by atoms with Crippen LogP contribution in [0.25, 0.3) is 0 Å². The van der Waals surface area contributed by atoms with Crippen molar-refractivity contribution in [2.45, 2.75) is 33.6 Å². The average molecular weight is 187 g/mol. The van der Waals surface area contributed by atoms with Gasteiger partial charge in [-0.05, 0) is 26.7 Å². The maximum atomic E-state index is 11.2.